The summed E-state index contributed by atoms with van der Waals surface area (Å²) in [6, 6.07) is 1.96. The molecule has 1 heterocycles. The molecule has 0 unspecified atom stereocenters. The van der Waals surface area contributed by atoms with E-state index in [1.807, 2.05) is 18.0 Å². The Morgan fingerprint density at radius 3 is 2.83 bits per heavy atom. The second-order valence-corrected chi connectivity index (χ2v) is 4.82. The molecule has 2 rings (SSSR count). The predicted octanol–water partition coefficient (Wildman–Crippen LogP) is 1.60. The number of nitrogens with zero attached hydrogens (tertiary/aromatic N) is 3. The van der Waals surface area contributed by atoms with E-state index in [9.17, 15) is 0 Å². The molecule has 1 aromatic rings. The van der Waals surface area contributed by atoms with Gasteiger partial charge in [0.2, 0.25) is 0 Å². The van der Waals surface area contributed by atoms with Gasteiger partial charge in [-0.1, -0.05) is 6.92 Å². The average Bonchev–Trinajstić information content (AvgIpc) is 3.20. The van der Waals surface area contributed by atoms with Crippen molar-refractivity contribution in [3.63, 3.8) is 0 Å². The van der Waals surface area contributed by atoms with Gasteiger partial charge in [0.25, 0.3) is 0 Å². The first-order valence-electron chi connectivity index (χ1n) is 6.69. The number of rotatable bonds is 7. The first-order valence-corrected chi connectivity index (χ1v) is 6.69. The Morgan fingerprint density at radius 2 is 2.22 bits per heavy atom. The summed E-state index contributed by atoms with van der Waals surface area (Å²) in [5.41, 5.74) is 0. The van der Waals surface area contributed by atoms with Crippen LogP contribution in [0, 0.1) is 0 Å². The van der Waals surface area contributed by atoms with E-state index in [1.165, 1.54) is 12.8 Å². The maximum absolute atomic E-state index is 9.00. The van der Waals surface area contributed by atoms with Crippen LogP contribution < -0.4 is 10.2 Å². The Labute approximate surface area is 108 Å². The van der Waals surface area contributed by atoms with Crippen LogP contribution in [-0.2, 0) is 0 Å². The molecular weight excluding hydrogens is 228 g/mol. The van der Waals surface area contributed by atoms with Gasteiger partial charge in [0.05, 0.1) is 6.61 Å². The maximum atomic E-state index is 9.00. The van der Waals surface area contributed by atoms with Gasteiger partial charge in [0.1, 0.15) is 17.5 Å². The summed E-state index contributed by atoms with van der Waals surface area (Å²) in [5.74, 6) is 3.26. The Morgan fingerprint density at radius 1 is 1.44 bits per heavy atom. The summed E-state index contributed by atoms with van der Waals surface area (Å²) in [6.45, 7) is 3.78. The molecule has 0 atom stereocenters. The molecule has 5 nitrogen and oxygen atoms in total. The molecule has 0 saturated heterocycles. The highest BCUT2D eigenvalue weighted by molar-refractivity contribution is 5.49. The van der Waals surface area contributed by atoms with Crippen LogP contribution in [0.2, 0.25) is 0 Å². The Kier molecular flexibility index (Phi) is 4.36. The van der Waals surface area contributed by atoms with Gasteiger partial charge in [-0.3, -0.25) is 0 Å². The van der Waals surface area contributed by atoms with Crippen LogP contribution in [0.4, 0.5) is 11.6 Å². The highest BCUT2D eigenvalue weighted by Gasteiger charge is 2.27. The monoisotopic (exact) mass is 250 g/mol. The van der Waals surface area contributed by atoms with Gasteiger partial charge in [-0.25, -0.2) is 9.97 Å². The molecule has 1 aliphatic carbocycles. The standard InChI is InChI=1S/C13H22N4O/c1-3-6-14-11-9-12(17(2)7-8-18)16-13(15-11)10-4-5-10/h9-10,18H,3-8H2,1-2H3,(H,14,15,16). The van der Waals surface area contributed by atoms with Crippen molar-refractivity contribution in [2.75, 3.05) is 37.0 Å². The van der Waals surface area contributed by atoms with E-state index in [1.54, 1.807) is 0 Å². The maximum Gasteiger partial charge on any atom is 0.136 e. The second kappa shape index (κ2) is 6.00. The van der Waals surface area contributed by atoms with Crippen LogP contribution in [0.15, 0.2) is 6.07 Å². The number of likely N-dealkylation sites (N-methyl/N-ethyl adjacent to an activating group) is 1. The number of aromatic nitrogens is 2. The third-order valence-corrected chi connectivity index (χ3v) is 3.06. The third-order valence-electron chi connectivity index (χ3n) is 3.06. The first-order chi connectivity index (χ1) is 8.74. The summed E-state index contributed by atoms with van der Waals surface area (Å²) in [6.07, 6.45) is 3.46. The largest absolute Gasteiger partial charge is 0.395 e. The van der Waals surface area contributed by atoms with E-state index in [-0.39, 0.29) is 6.61 Å². The molecule has 2 N–H and O–H groups in total. The molecule has 1 saturated carbocycles. The molecule has 1 fully saturated rings. The lowest BCUT2D eigenvalue weighted by Crippen LogP contribution is -2.23. The summed E-state index contributed by atoms with van der Waals surface area (Å²) in [4.78, 5) is 11.1. The third kappa shape index (κ3) is 3.32. The van der Waals surface area contributed by atoms with Crippen molar-refractivity contribution in [1.29, 1.82) is 0 Å². The van der Waals surface area contributed by atoms with Crippen molar-refractivity contribution < 1.29 is 5.11 Å². The summed E-state index contributed by atoms with van der Waals surface area (Å²) >= 11 is 0. The van der Waals surface area contributed by atoms with E-state index >= 15 is 0 Å². The van der Waals surface area contributed by atoms with Crippen LogP contribution in [-0.4, -0.2) is 41.8 Å². The van der Waals surface area contributed by atoms with E-state index in [2.05, 4.69) is 22.2 Å². The van der Waals surface area contributed by atoms with Gasteiger partial charge in [-0.15, -0.1) is 0 Å². The van der Waals surface area contributed by atoms with Gasteiger partial charge in [0, 0.05) is 32.1 Å². The molecule has 0 amide bonds. The minimum Gasteiger partial charge on any atom is -0.395 e. The molecule has 0 radical (unpaired) electrons. The molecule has 0 spiro atoms. The highest BCUT2D eigenvalue weighted by atomic mass is 16.3. The van der Waals surface area contributed by atoms with Crippen LogP contribution in [0.25, 0.3) is 0 Å². The van der Waals surface area contributed by atoms with Gasteiger partial charge < -0.3 is 15.3 Å². The molecule has 5 heteroatoms. The summed E-state index contributed by atoms with van der Waals surface area (Å²) in [7, 11) is 1.94. The first kappa shape index (κ1) is 13.1. The quantitative estimate of drug-likeness (QED) is 0.769. The number of hydrogen-bond acceptors (Lipinski definition) is 5. The topological polar surface area (TPSA) is 61.3 Å². The van der Waals surface area contributed by atoms with E-state index in [4.69, 9.17) is 5.11 Å². The number of hydrogen-bond donors (Lipinski definition) is 2. The number of anilines is 2. The van der Waals surface area contributed by atoms with Gasteiger partial charge in [-0.05, 0) is 19.3 Å². The highest BCUT2D eigenvalue weighted by Crippen LogP contribution is 2.39. The molecule has 1 aromatic heterocycles. The minimum absolute atomic E-state index is 0.136. The lowest BCUT2D eigenvalue weighted by Gasteiger charge is -2.18. The SMILES string of the molecule is CCCNc1cc(N(C)CCO)nc(C2CC2)n1. The lowest BCUT2D eigenvalue weighted by atomic mass is 10.3. The number of aliphatic hydroxyl groups is 1. The Bertz CT molecular complexity index is 393. The fourth-order valence-electron chi connectivity index (χ4n) is 1.78. The Hall–Kier alpha value is -1.36. The lowest BCUT2D eigenvalue weighted by molar-refractivity contribution is 0.304. The molecule has 1 aliphatic rings. The molecule has 0 bridgehead atoms. The van der Waals surface area contributed by atoms with Gasteiger partial charge in [0.15, 0.2) is 0 Å². The van der Waals surface area contributed by atoms with Crippen LogP contribution >= 0.6 is 0 Å². The normalized spacial score (nSPS) is 14.6. The van der Waals surface area contributed by atoms with E-state index in [0.717, 1.165) is 30.4 Å². The molecule has 18 heavy (non-hydrogen) atoms. The average molecular weight is 250 g/mol. The van der Waals surface area contributed by atoms with Crippen molar-refractivity contribution in [3.05, 3.63) is 11.9 Å². The summed E-state index contributed by atoms with van der Waals surface area (Å²) < 4.78 is 0. The smallest absolute Gasteiger partial charge is 0.136 e. The predicted molar refractivity (Wildman–Crippen MR) is 73.1 cm³/mol. The Balaban J connectivity index is 2.18. The second-order valence-electron chi connectivity index (χ2n) is 4.82. The molecule has 0 aliphatic heterocycles. The fraction of sp³-hybridized carbons (Fsp3) is 0.692. The fourth-order valence-corrected chi connectivity index (χ4v) is 1.78. The minimum atomic E-state index is 0.136. The molecular formula is C13H22N4O. The van der Waals surface area contributed by atoms with Crippen LogP contribution in [0.5, 0.6) is 0 Å². The van der Waals surface area contributed by atoms with E-state index < -0.39 is 0 Å². The zero-order valence-corrected chi connectivity index (χ0v) is 11.2. The number of aliphatic hydroxyl groups excluding tert-OH is 1. The molecule has 100 valence electrons. The summed E-state index contributed by atoms with van der Waals surface area (Å²) in [5, 5.41) is 12.3. The van der Waals surface area contributed by atoms with Crippen LogP contribution in [0.1, 0.15) is 37.9 Å². The van der Waals surface area contributed by atoms with Gasteiger partial charge >= 0.3 is 0 Å². The zero-order chi connectivity index (χ0) is 13.0. The van der Waals surface area contributed by atoms with E-state index in [0.29, 0.717) is 12.5 Å². The van der Waals surface area contributed by atoms with Crippen LogP contribution in [0.3, 0.4) is 0 Å². The van der Waals surface area contributed by atoms with Gasteiger partial charge in [-0.2, -0.15) is 0 Å². The molecule has 0 aromatic carbocycles. The van der Waals surface area contributed by atoms with Crippen molar-refractivity contribution >= 4 is 11.6 Å². The van der Waals surface area contributed by atoms with Crippen molar-refractivity contribution in [2.45, 2.75) is 32.1 Å². The van der Waals surface area contributed by atoms with Crippen molar-refractivity contribution in [3.8, 4) is 0 Å². The van der Waals surface area contributed by atoms with Crippen molar-refractivity contribution in [1.82, 2.24) is 9.97 Å². The zero-order valence-electron chi connectivity index (χ0n) is 11.2. The number of nitrogens with one attached hydrogen (secondary N) is 1. The van der Waals surface area contributed by atoms with Crippen molar-refractivity contribution in [2.24, 2.45) is 0 Å².